The lowest BCUT2D eigenvalue weighted by molar-refractivity contribution is -0.121. The Labute approximate surface area is 178 Å². The third kappa shape index (κ3) is 5.66. The second kappa shape index (κ2) is 9.38. The Morgan fingerprint density at radius 2 is 1.90 bits per heavy atom. The molecule has 30 heavy (non-hydrogen) atoms. The summed E-state index contributed by atoms with van der Waals surface area (Å²) in [4.78, 5) is 12.2. The van der Waals surface area contributed by atoms with Crippen molar-refractivity contribution in [3.8, 4) is 11.5 Å². The van der Waals surface area contributed by atoms with E-state index in [1.54, 1.807) is 0 Å². The van der Waals surface area contributed by atoms with Crippen molar-refractivity contribution in [1.82, 2.24) is 5.32 Å². The third-order valence-electron chi connectivity index (χ3n) is 4.89. The number of rotatable bonds is 8. The van der Waals surface area contributed by atoms with Crippen LogP contribution in [0.3, 0.4) is 0 Å². The highest BCUT2D eigenvalue weighted by Crippen LogP contribution is 2.30. The van der Waals surface area contributed by atoms with Crippen molar-refractivity contribution >= 4 is 21.6 Å². The maximum absolute atomic E-state index is 12.3. The molecule has 2 aromatic rings. The van der Waals surface area contributed by atoms with Gasteiger partial charge >= 0.3 is 0 Å². The molecule has 2 aromatic carbocycles. The summed E-state index contributed by atoms with van der Waals surface area (Å²) in [5.41, 5.74) is 2.52. The van der Waals surface area contributed by atoms with Crippen molar-refractivity contribution in [2.24, 2.45) is 0 Å². The summed E-state index contributed by atoms with van der Waals surface area (Å²) in [5.74, 6) is 1.22. The maximum atomic E-state index is 12.3. The van der Waals surface area contributed by atoms with Gasteiger partial charge in [0.05, 0.1) is 18.5 Å². The summed E-state index contributed by atoms with van der Waals surface area (Å²) in [5, 5.41) is 2.84. The first-order valence-corrected chi connectivity index (χ1v) is 11.8. The van der Waals surface area contributed by atoms with E-state index in [1.807, 2.05) is 56.3 Å². The van der Waals surface area contributed by atoms with Crippen LogP contribution < -0.4 is 19.1 Å². The summed E-state index contributed by atoms with van der Waals surface area (Å²) < 4.78 is 37.4. The van der Waals surface area contributed by atoms with Crippen LogP contribution in [0.2, 0.25) is 0 Å². The average molecular weight is 433 g/mol. The van der Waals surface area contributed by atoms with Crippen LogP contribution in [0, 0.1) is 13.8 Å². The van der Waals surface area contributed by atoms with Gasteiger partial charge in [0.15, 0.2) is 11.5 Å². The Hall–Kier alpha value is -2.74. The zero-order chi connectivity index (χ0) is 21.7. The number of para-hydroxylation sites is 2. The molecule has 3 rings (SSSR count). The van der Waals surface area contributed by atoms with Crippen LogP contribution in [0.15, 0.2) is 42.5 Å². The summed E-state index contributed by atoms with van der Waals surface area (Å²) in [6.45, 7) is 4.75. The van der Waals surface area contributed by atoms with Crippen LogP contribution in [0.1, 0.15) is 24.0 Å². The first kappa shape index (κ1) is 22.0. The second-order valence-corrected chi connectivity index (χ2v) is 9.44. The summed E-state index contributed by atoms with van der Waals surface area (Å²) in [6, 6.07) is 13.1. The summed E-state index contributed by atoms with van der Waals surface area (Å²) >= 11 is 0. The third-order valence-corrected chi connectivity index (χ3v) is 6.07. The maximum Gasteiger partial charge on any atom is 0.232 e. The van der Waals surface area contributed by atoms with Crippen LogP contribution in [0.4, 0.5) is 5.69 Å². The number of ether oxygens (including phenoxy) is 2. The molecule has 1 heterocycles. The molecule has 0 aromatic heterocycles. The van der Waals surface area contributed by atoms with Crippen molar-refractivity contribution in [3.05, 3.63) is 53.6 Å². The molecule has 1 amide bonds. The number of fused-ring (bicyclic) bond motifs is 1. The number of nitrogens with one attached hydrogen (secondary N) is 1. The predicted octanol–water partition coefficient (Wildman–Crippen LogP) is 2.81. The number of nitrogens with zero attached hydrogens (tertiary/aromatic N) is 1. The average Bonchev–Trinajstić information content (AvgIpc) is 2.70. The molecule has 1 N–H and O–H groups in total. The van der Waals surface area contributed by atoms with Crippen LogP contribution in [0.25, 0.3) is 0 Å². The molecule has 0 aliphatic carbocycles. The number of carbonyl (C=O) groups excluding carboxylic acids is 1. The van der Waals surface area contributed by atoms with E-state index in [0.29, 0.717) is 36.8 Å². The topological polar surface area (TPSA) is 84.9 Å². The van der Waals surface area contributed by atoms with Crippen molar-refractivity contribution in [1.29, 1.82) is 0 Å². The zero-order valence-corrected chi connectivity index (χ0v) is 18.4. The number of aryl methyl sites for hydroxylation is 2. The van der Waals surface area contributed by atoms with Crippen LogP contribution >= 0.6 is 0 Å². The van der Waals surface area contributed by atoms with E-state index in [0.717, 1.165) is 11.1 Å². The van der Waals surface area contributed by atoms with Gasteiger partial charge in [0, 0.05) is 13.0 Å². The fraction of sp³-hybridized carbons (Fsp3) is 0.409. The molecule has 1 aliphatic heterocycles. The fourth-order valence-corrected chi connectivity index (χ4v) is 4.33. The number of benzene rings is 2. The van der Waals surface area contributed by atoms with E-state index in [2.05, 4.69) is 5.32 Å². The predicted molar refractivity (Wildman–Crippen MR) is 117 cm³/mol. The smallest absolute Gasteiger partial charge is 0.232 e. The summed E-state index contributed by atoms with van der Waals surface area (Å²) in [6.07, 6.45) is 1.57. The Morgan fingerprint density at radius 1 is 1.17 bits per heavy atom. The first-order chi connectivity index (χ1) is 14.2. The van der Waals surface area contributed by atoms with Gasteiger partial charge in [-0.1, -0.05) is 24.3 Å². The Kier molecular flexibility index (Phi) is 6.87. The molecule has 8 heteroatoms. The largest absolute Gasteiger partial charge is 0.486 e. The number of anilines is 1. The molecular weight excluding hydrogens is 404 g/mol. The molecule has 0 saturated carbocycles. The fourth-order valence-electron chi connectivity index (χ4n) is 3.32. The van der Waals surface area contributed by atoms with E-state index >= 15 is 0 Å². The van der Waals surface area contributed by atoms with E-state index in [4.69, 9.17) is 9.47 Å². The molecule has 0 saturated heterocycles. The quantitative estimate of drug-likeness (QED) is 0.693. The molecule has 7 nitrogen and oxygen atoms in total. The normalized spacial score (nSPS) is 15.5. The van der Waals surface area contributed by atoms with Crippen molar-refractivity contribution in [2.45, 2.75) is 32.8 Å². The standard InChI is InChI=1S/C22H28N2O5S/c1-16-10-11-17(2)19(13-16)24(30(3,26)27)12-6-9-22(25)23-14-18-15-28-20-7-4-5-8-21(20)29-18/h4-5,7-8,10-11,13,18H,6,9,12,14-15H2,1-3H3,(H,23,25). The van der Waals surface area contributed by atoms with Gasteiger partial charge in [-0.3, -0.25) is 9.10 Å². The van der Waals surface area contributed by atoms with Gasteiger partial charge in [-0.05, 0) is 49.6 Å². The molecule has 0 radical (unpaired) electrons. The minimum absolute atomic E-state index is 0.146. The SMILES string of the molecule is Cc1ccc(C)c(N(CCCC(=O)NCC2COc3ccccc3O2)S(C)(=O)=O)c1. The number of hydrogen-bond donors (Lipinski definition) is 1. The lowest BCUT2D eigenvalue weighted by atomic mass is 10.1. The first-order valence-electron chi connectivity index (χ1n) is 9.94. The van der Waals surface area contributed by atoms with Gasteiger partial charge < -0.3 is 14.8 Å². The Balaban J connectivity index is 1.50. The highest BCUT2D eigenvalue weighted by atomic mass is 32.2. The van der Waals surface area contributed by atoms with E-state index in [1.165, 1.54) is 10.6 Å². The van der Waals surface area contributed by atoms with Gasteiger partial charge in [0.1, 0.15) is 12.7 Å². The van der Waals surface area contributed by atoms with E-state index in [-0.39, 0.29) is 25.0 Å². The van der Waals surface area contributed by atoms with Crippen molar-refractivity contribution in [3.63, 3.8) is 0 Å². The molecular formula is C22H28N2O5S. The number of carbonyl (C=O) groups is 1. The number of hydrogen-bond acceptors (Lipinski definition) is 5. The summed E-state index contributed by atoms with van der Waals surface area (Å²) in [7, 11) is -3.45. The van der Waals surface area contributed by atoms with Gasteiger partial charge in [0.2, 0.25) is 15.9 Å². The molecule has 0 bridgehead atoms. The van der Waals surface area contributed by atoms with Crippen molar-refractivity contribution < 1.29 is 22.7 Å². The Morgan fingerprint density at radius 3 is 2.63 bits per heavy atom. The Bertz CT molecular complexity index is 1010. The highest BCUT2D eigenvalue weighted by molar-refractivity contribution is 7.92. The van der Waals surface area contributed by atoms with Gasteiger partial charge in [-0.2, -0.15) is 0 Å². The second-order valence-electron chi connectivity index (χ2n) is 7.53. The minimum Gasteiger partial charge on any atom is -0.486 e. The lowest BCUT2D eigenvalue weighted by Crippen LogP contribution is -2.41. The lowest BCUT2D eigenvalue weighted by Gasteiger charge is -2.26. The molecule has 0 spiro atoms. The van der Waals surface area contributed by atoms with Crippen LogP contribution in [-0.2, 0) is 14.8 Å². The zero-order valence-electron chi connectivity index (χ0n) is 17.6. The minimum atomic E-state index is -3.45. The monoisotopic (exact) mass is 432 g/mol. The highest BCUT2D eigenvalue weighted by Gasteiger charge is 2.22. The molecule has 1 atom stereocenters. The van der Waals surface area contributed by atoms with E-state index in [9.17, 15) is 13.2 Å². The number of sulfonamides is 1. The molecule has 0 fully saturated rings. The van der Waals surface area contributed by atoms with Gasteiger partial charge in [-0.15, -0.1) is 0 Å². The molecule has 1 aliphatic rings. The van der Waals surface area contributed by atoms with Crippen LogP contribution in [-0.4, -0.2) is 46.4 Å². The molecule has 162 valence electrons. The van der Waals surface area contributed by atoms with Gasteiger partial charge in [-0.25, -0.2) is 8.42 Å². The van der Waals surface area contributed by atoms with Crippen LogP contribution in [0.5, 0.6) is 11.5 Å². The van der Waals surface area contributed by atoms with E-state index < -0.39 is 10.0 Å². The molecule has 1 unspecified atom stereocenters. The van der Waals surface area contributed by atoms with Crippen molar-refractivity contribution in [2.75, 3.05) is 30.3 Å². The number of amides is 1. The van der Waals surface area contributed by atoms with Gasteiger partial charge in [0.25, 0.3) is 0 Å².